The van der Waals surface area contributed by atoms with Crippen LogP contribution < -0.4 is 19.6 Å². The molecule has 1 atom stereocenters. The zero-order valence-electron chi connectivity index (χ0n) is 18.1. The maximum atomic E-state index is 13.6. The summed E-state index contributed by atoms with van der Waals surface area (Å²) in [6.07, 6.45) is 1.68. The SMILES string of the molecule is CCOC(=O)C1=C(C)N=c2s/c(=C/c3cccc(Cl)c3Cl)c(=O)n2[C@@H]1c1ccccc1OC. The molecule has 0 saturated heterocycles. The lowest BCUT2D eigenvalue weighted by atomic mass is 9.95. The molecule has 1 aliphatic rings. The smallest absolute Gasteiger partial charge is 0.338 e. The molecule has 1 aromatic heterocycles. The van der Waals surface area contributed by atoms with Crippen LogP contribution in [0.15, 0.2) is 63.5 Å². The van der Waals surface area contributed by atoms with E-state index in [9.17, 15) is 9.59 Å². The van der Waals surface area contributed by atoms with Gasteiger partial charge in [-0.2, -0.15) is 0 Å². The zero-order chi connectivity index (χ0) is 23.7. The van der Waals surface area contributed by atoms with Gasteiger partial charge in [-0.3, -0.25) is 9.36 Å². The molecule has 1 aliphatic heterocycles. The molecular weight excluding hydrogens is 483 g/mol. The van der Waals surface area contributed by atoms with Gasteiger partial charge in [0.05, 0.1) is 39.6 Å². The van der Waals surface area contributed by atoms with Crippen LogP contribution in [0.1, 0.15) is 31.0 Å². The number of aromatic nitrogens is 1. The highest BCUT2D eigenvalue weighted by Gasteiger charge is 2.34. The number of hydrogen-bond donors (Lipinski definition) is 0. The standard InChI is InChI=1S/C24H20Cl2N2O4S/c1-4-32-23(30)19-13(2)27-24-28(21(19)15-9-5-6-11-17(15)31-3)22(29)18(33-24)12-14-8-7-10-16(25)20(14)26/h5-12,21H,4H2,1-3H3/b18-12+/t21-/m1/s1. The molecule has 2 aromatic carbocycles. The van der Waals surface area contributed by atoms with Crippen molar-refractivity contribution in [1.82, 2.24) is 4.57 Å². The van der Waals surface area contributed by atoms with Crippen LogP contribution >= 0.6 is 34.5 Å². The van der Waals surface area contributed by atoms with Gasteiger partial charge in [-0.15, -0.1) is 0 Å². The van der Waals surface area contributed by atoms with Crippen molar-refractivity contribution >= 4 is 46.6 Å². The third-order valence-corrected chi connectivity index (χ3v) is 7.04. The number of carbonyl (C=O) groups excluding carboxylic acids is 1. The summed E-state index contributed by atoms with van der Waals surface area (Å²) in [6, 6.07) is 11.7. The Morgan fingerprint density at radius 1 is 1.21 bits per heavy atom. The molecule has 33 heavy (non-hydrogen) atoms. The normalized spacial score (nSPS) is 15.8. The Labute approximate surface area is 204 Å². The molecule has 0 aliphatic carbocycles. The van der Waals surface area contributed by atoms with Gasteiger partial charge >= 0.3 is 5.97 Å². The number of benzene rings is 2. The van der Waals surface area contributed by atoms with Crippen molar-refractivity contribution in [3.05, 3.63) is 94.6 Å². The van der Waals surface area contributed by atoms with Crippen LogP contribution in [0.25, 0.3) is 6.08 Å². The first kappa shape index (κ1) is 23.3. The highest BCUT2D eigenvalue weighted by Crippen LogP contribution is 2.35. The number of hydrogen-bond acceptors (Lipinski definition) is 6. The molecule has 0 bridgehead atoms. The first-order valence-corrected chi connectivity index (χ1v) is 11.7. The minimum absolute atomic E-state index is 0.200. The fourth-order valence-corrected chi connectivity index (χ4v) is 5.15. The number of halogens is 2. The van der Waals surface area contributed by atoms with Crippen molar-refractivity contribution in [2.75, 3.05) is 13.7 Å². The van der Waals surface area contributed by atoms with E-state index < -0.39 is 12.0 Å². The van der Waals surface area contributed by atoms with Gasteiger partial charge in [-0.1, -0.05) is 64.9 Å². The van der Waals surface area contributed by atoms with Gasteiger partial charge in [-0.05, 0) is 37.6 Å². The largest absolute Gasteiger partial charge is 0.496 e. The molecule has 3 aromatic rings. The summed E-state index contributed by atoms with van der Waals surface area (Å²) in [5.41, 5.74) is 1.74. The van der Waals surface area contributed by atoms with Gasteiger partial charge in [0.1, 0.15) is 11.8 Å². The van der Waals surface area contributed by atoms with E-state index in [0.717, 1.165) is 0 Å². The van der Waals surface area contributed by atoms with E-state index in [2.05, 4.69) is 4.99 Å². The van der Waals surface area contributed by atoms with E-state index in [1.165, 1.54) is 15.9 Å². The number of fused-ring (bicyclic) bond motifs is 1. The van der Waals surface area contributed by atoms with Crippen molar-refractivity contribution in [2.45, 2.75) is 19.9 Å². The summed E-state index contributed by atoms with van der Waals surface area (Å²) >= 11 is 13.7. The summed E-state index contributed by atoms with van der Waals surface area (Å²) in [7, 11) is 1.55. The number of para-hydroxylation sites is 1. The second kappa shape index (κ2) is 9.55. The minimum atomic E-state index is -0.756. The van der Waals surface area contributed by atoms with Crippen LogP contribution in [0.4, 0.5) is 0 Å². The molecular formula is C24H20Cl2N2O4S. The van der Waals surface area contributed by atoms with E-state index in [1.54, 1.807) is 51.3 Å². The third kappa shape index (κ3) is 4.24. The molecule has 2 heterocycles. The lowest BCUT2D eigenvalue weighted by molar-refractivity contribution is -0.139. The Morgan fingerprint density at radius 3 is 2.70 bits per heavy atom. The molecule has 0 unspecified atom stereocenters. The highest BCUT2D eigenvalue weighted by atomic mass is 35.5. The van der Waals surface area contributed by atoms with E-state index >= 15 is 0 Å². The predicted octanol–water partition coefficient (Wildman–Crippen LogP) is 4.11. The first-order valence-electron chi connectivity index (χ1n) is 10.1. The van der Waals surface area contributed by atoms with E-state index in [4.69, 9.17) is 32.7 Å². The molecule has 0 amide bonds. The maximum absolute atomic E-state index is 13.6. The number of allylic oxidation sites excluding steroid dienone is 1. The molecule has 4 rings (SSSR count). The fourth-order valence-electron chi connectivity index (χ4n) is 3.75. The number of esters is 1. The monoisotopic (exact) mass is 502 g/mol. The molecule has 0 saturated carbocycles. The van der Waals surface area contributed by atoms with Crippen molar-refractivity contribution in [3.63, 3.8) is 0 Å². The van der Waals surface area contributed by atoms with Crippen LogP contribution in [0.2, 0.25) is 10.0 Å². The van der Waals surface area contributed by atoms with Crippen molar-refractivity contribution in [1.29, 1.82) is 0 Å². The topological polar surface area (TPSA) is 69.9 Å². The lowest BCUT2D eigenvalue weighted by Gasteiger charge is -2.25. The number of nitrogens with zero attached hydrogens (tertiary/aromatic N) is 2. The van der Waals surface area contributed by atoms with Gasteiger partial charge in [0, 0.05) is 5.56 Å². The molecule has 9 heteroatoms. The first-order chi connectivity index (χ1) is 15.9. The summed E-state index contributed by atoms with van der Waals surface area (Å²) in [6.45, 7) is 3.67. The highest BCUT2D eigenvalue weighted by molar-refractivity contribution is 7.07. The summed E-state index contributed by atoms with van der Waals surface area (Å²) in [4.78, 5) is 31.6. The summed E-state index contributed by atoms with van der Waals surface area (Å²) < 4.78 is 12.8. The Kier molecular flexibility index (Phi) is 6.74. The van der Waals surface area contributed by atoms with E-state index in [0.29, 0.717) is 47.5 Å². The van der Waals surface area contributed by atoms with Crippen molar-refractivity contribution in [2.24, 2.45) is 4.99 Å². The number of carbonyl (C=O) groups is 1. The molecule has 0 radical (unpaired) electrons. The summed E-state index contributed by atoms with van der Waals surface area (Å²) in [5.74, 6) is 0.0216. The van der Waals surface area contributed by atoms with Gasteiger partial charge in [-0.25, -0.2) is 9.79 Å². The van der Waals surface area contributed by atoms with Gasteiger partial charge < -0.3 is 9.47 Å². The van der Waals surface area contributed by atoms with Crippen LogP contribution in [-0.2, 0) is 9.53 Å². The zero-order valence-corrected chi connectivity index (χ0v) is 20.4. The second-order valence-corrected chi connectivity index (χ2v) is 8.98. The van der Waals surface area contributed by atoms with Gasteiger partial charge in [0.15, 0.2) is 4.80 Å². The van der Waals surface area contributed by atoms with E-state index in [-0.39, 0.29) is 12.2 Å². The average Bonchev–Trinajstić information content (AvgIpc) is 3.10. The van der Waals surface area contributed by atoms with Gasteiger partial charge in [0.2, 0.25) is 0 Å². The Hall–Kier alpha value is -2.87. The number of rotatable bonds is 5. The Balaban J connectivity index is 2.01. The fraction of sp³-hybridized carbons (Fsp3) is 0.208. The molecule has 0 spiro atoms. The van der Waals surface area contributed by atoms with Crippen LogP contribution in [0, 0.1) is 0 Å². The number of ether oxygens (including phenoxy) is 2. The molecule has 170 valence electrons. The third-order valence-electron chi connectivity index (χ3n) is 5.22. The maximum Gasteiger partial charge on any atom is 0.338 e. The van der Waals surface area contributed by atoms with Crippen LogP contribution in [0.5, 0.6) is 5.75 Å². The lowest BCUT2D eigenvalue weighted by Crippen LogP contribution is -2.40. The number of thiazole rings is 1. The molecule has 0 N–H and O–H groups in total. The van der Waals surface area contributed by atoms with Crippen LogP contribution in [0.3, 0.4) is 0 Å². The van der Waals surface area contributed by atoms with Crippen molar-refractivity contribution < 1.29 is 14.3 Å². The van der Waals surface area contributed by atoms with Gasteiger partial charge in [0.25, 0.3) is 5.56 Å². The van der Waals surface area contributed by atoms with Crippen LogP contribution in [-0.4, -0.2) is 24.3 Å². The Bertz CT molecular complexity index is 1460. The van der Waals surface area contributed by atoms with E-state index in [1.807, 2.05) is 18.2 Å². The predicted molar refractivity (Wildman–Crippen MR) is 130 cm³/mol. The molecule has 6 nitrogen and oxygen atoms in total. The Morgan fingerprint density at radius 2 is 1.97 bits per heavy atom. The van der Waals surface area contributed by atoms with Crippen molar-refractivity contribution in [3.8, 4) is 5.75 Å². The minimum Gasteiger partial charge on any atom is -0.496 e. The quantitative estimate of drug-likeness (QED) is 0.492. The second-order valence-electron chi connectivity index (χ2n) is 7.19. The molecule has 0 fully saturated rings. The summed E-state index contributed by atoms with van der Waals surface area (Å²) in [5, 5.41) is 0.750. The number of methoxy groups -OCH3 is 1. The average molecular weight is 503 g/mol.